The van der Waals surface area contributed by atoms with Gasteiger partial charge in [-0.25, -0.2) is 0 Å². The van der Waals surface area contributed by atoms with E-state index in [1.54, 1.807) is 24.5 Å². The van der Waals surface area contributed by atoms with Gasteiger partial charge in [0.1, 0.15) is 0 Å². The Labute approximate surface area is 110 Å². The van der Waals surface area contributed by atoms with Crippen molar-refractivity contribution >= 4 is 5.91 Å². The van der Waals surface area contributed by atoms with Crippen LogP contribution in [0.1, 0.15) is 12.3 Å². The molecule has 0 atom stereocenters. The zero-order valence-electron chi connectivity index (χ0n) is 10.4. The fraction of sp³-hybridized carbons (Fsp3) is 0.231. The standard InChI is InChI=1S/C13H14N4O2/c1-2-7-15-11(18)5-6-12-16-17-13(19-12)10-4-3-8-14-9-10/h2-4,8-9H,1,5-7H2,(H,15,18). The molecule has 2 rings (SSSR count). The van der Waals surface area contributed by atoms with Crippen molar-refractivity contribution in [1.82, 2.24) is 20.5 Å². The molecule has 0 aliphatic carbocycles. The van der Waals surface area contributed by atoms with E-state index in [1.165, 1.54) is 0 Å². The maximum Gasteiger partial charge on any atom is 0.249 e. The molecule has 2 aromatic heterocycles. The third-order valence-electron chi connectivity index (χ3n) is 2.38. The number of rotatable bonds is 6. The minimum absolute atomic E-state index is 0.0685. The van der Waals surface area contributed by atoms with Gasteiger partial charge in [0, 0.05) is 31.8 Å². The number of carbonyl (C=O) groups is 1. The second-order valence-corrected chi connectivity index (χ2v) is 3.84. The van der Waals surface area contributed by atoms with Crippen LogP contribution in [0.25, 0.3) is 11.5 Å². The topological polar surface area (TPSA) is 80.9 Å². The molecule has 0 aromatic carbocycles. The molecule has 0 spiro atoms. The highest BCUT2D eigenvalue weighted by molar-refractivity contribution is 5.76. The van der Waals surface area contributed by atoms with Crippen LogP contribution in [0, 0.1) is 0 Å². The predicted octanol–water partition coefficient (Wildman–Crippen LogP) is 1.37. The highest BCUT2D eigenvalue weighted by atomic mass is 16.4. The number of aryl methyl sites for hydroxylation is 1. The maximum atomic E-state index is 11.4. The lowest BCUT2D eigenvalue weighted by molar-refractivity contribution is -0.120. The number of aromatic nitrogens is 3. The van der Waals surface area contributed by atoms with Crippen molar-refractivity contribution in [2.45, 2.75) is 12.8 Å². The lowest BCUT2D eigenvalue weighted by Crippen LogP contribution is -2.23. The Kier molecular flexibility index (Phi) is 4.39. The molecule has 0 fully saturated rings. The van der Waals surface area contributed by atoms with E-state index in [1.807, 2.05) is 6.07 Å². The molecule has 19 heavy (non-hydrogen) atoms. The van der Waals surface area contributed by atoms with E-state index in [4.69, 9.17) is 4.42 Å². The van der Waals surface area contributed by atoms with Crippen LogP contribution in [0.5, 0.6) is 0 Å². The molecular formula is C13H14N4O2. The SMILES string of the molecule is C=CCNC(=O)CCc1nnc(-c2cccnc2)o1. The van der Waals surface area contributed by atoms with Gasteiger partial charge in [-0.2, -0.15) is 0 Å². The largest absolute Gasteiger partial charge is 0.421 e. The fourth-order valence-electron chi connectivity index (χ4n) is 1.46. The first-order valence-electron chi connectivity index (χ1n) is 5.90. The first kappa shape index (κ1) is 12.9. The number of hydrogen-bond acceptors (Lipinski definition) is 5. The van der Waals surface area contributed by atoms with Gasteiger partial charge in [0.2, 0.25) is 17.7 Å². The van der Waals surface area contributed by atoms with E-state index in [2.05, 4.69) is 27.1 Å². The van der Waals surface area contributed by atoms with Gasteiger partial charge in [0.25, 0.3) is 0 Å². The summed E-state index contributed by atoms with van der Waals surface area (Å²) >= 11 is 0. The second-order valence-electron chi connectivity index (χ2n) is 3.84. The Hall–Kier alpha value is -2.50. The van der Waals surface area contributed by atoms with Gasteiger partial charge in [0.15, 0.2) is 0 Å². The van der Waals surface area contributed by atoms with E-state index in [9.17, 15) is 4.79 Å². The van der Waals surface area contributed by atoms with Gasteiger partial charge in [-0.05, 0) is 12.1 Å². The molecule has 0 bridgehead atoms. The van der Waals surface area contributed by atoms with Crippen LogP contribution in [0.3, 0.4) is 0 Å². The average Bonchev–Trinajstić information content (AvgIpc) is 2.93. The Balaban J connectivity index is 1.91. The third kappa shape index (κ3) is 3.74. The first-order valence-corrected chi connectivity index (χ1v) is 5.90. The summed E-state index contributed by atoms with van der Waals surface area (Å²) in [5, 5.41) is 10.5. The predicted molar refractivity (Wildman–Crippen MR) is 69.1 cm³/mol. The van der Waals surface area contributed by atoms with Crippen molar-refractivity contribution in [1.29, 1.82) is 0 Å². The molecule has 1 amide bonds. The molecule has 6 nitrogen and oxygen atoms in total. The fourth-order valence-corrected chi connectivity index (χ4v) is 1.46. The third-order valence-corrected chi connectivity index (χ3v) is 2.38. The van der Waals surface area contributed by atoms with Gasteiger partial charge >= 0.3 is 0 Å². The highest BCUT2D eigenvalue weighted by Gasteiger charge is 2.10. The molecule has 2 aromatic rings. The molecule has 0 aliphatic heterocycles. The van der Waals surface area contributed by atoms with Crippen LogP contribution in [-0.2, 0) is 11.2 Å². The average molecular weight is 258 g/mol. The summed E-state index contributed by atoms with van der Waals surface area (Å²) in [4.78, 5) is 15.4. The molecule has 0 unspecified atom stereocenters. The van der Waals surface area contributed by atoms with Gasteiger partial charge in [-0.1, -0.05) is 6.08 Å². The summed E-state index contributed by atoms with van der Waals surface area (Å²) in [5.41, 5.74) is 0.761. The summed E-state index contributed by atoms with van der Waals surface area (Å²) in [7, 11) is 0. The number of nitrogens with zero attached hydrogens (tertiary/aromatic N) is 3. The molecule has 2 heterocycles. The summed E-state index contributed by atoms with van der Waals surface area (Å²) in [6, 6.07) is 3.63. The zero-order valence-corrected chi connectivity index (χ0v) is 10.4. The number of amides is 1. The smallest absolute Gasteiger partial charge is 0.249 e. The van der Waals surface area contributed by atoms with Crippen molar-refractivity contribution in [3.63, 3.8) is 0 Å². The van der Waals surface area contributed by atoms with Crippen LogP contribution >= 0.6 is 0 Å². The molecule has 6 heteroatoms. The molecule has 0 saturated carbocycles. The van der Waals surface area contributed by atoms with Crippen LogP contribution in [0.2, 0.25) is 0 Å². The van der Waals surface area contributed by atoms with Crippen LogP contribution < -0.4 is 5.32 Å². The first-order chi connectivity index (χ1) is 9.29. The monoisotopic (exact) mass is 258 g/mol. The zero-order chi connectivity index (χ0) is 13.5. The van der Waals surface area contributed by atoms with Gasteiger partial charge in [0.05, 0.1) is 5.56 Å². The summed E-state index contributed by atoms with van der Waals surface area (Å²) < 4.78 is 5.46. The molecule has 0 aliphatic rings. The van der Waals surface area contributed by atoms with Crippen LogP contribution in [-0.4, -0.2) is 27.6 Å². The number of nitrogens with one attached hydrogen (secondary N) is 1. The summed E-state index contributed by atoms with van der Waals surface area (Å²) in [6.45, 7) is 3.99. The van der Waals surface area contributed by atoms with Crippen molar-refractivity contribution < 1.29 is 9.21 Å². The van der Waals surface area contributed by atoms with Gasteiger partial charge < -0.3 is 9.73 Å². The van der Waals surface area contributed by atoms with E-state index in [0.717, 1.165) is 5.56 Å². The van der Waals surface area contributed by atoms with Crippen molar-refractivity contribution in [2.75, 3.05) is 6.54 Å². The minimum Gasteiger partial charge on any atom is -0.421 e. The van der Waals surface area contributed by atoms with Crippen LogP contribution in [0.15, 0.2) is 41.6 Å². The quantitative estimate of drug-likeness (QED) is 0.791. The van der Waals surface area contributed by atoms with Crippen LogP contribution in [0.4, 0.5) is 0 Å². The number of carbonyl (C=O) groups excluding carboxylic acids is 1. The minimum atomic E-state index is -0.0685. The number of hydrogen-bond donors (Lipinski definition) is 1. The molecular weight excluding hydrogens is 244 g/mol. The van der Waals surface area contributed by atoms with Gasteiger partial charge in [-0.15, -0.1) is 16.8 Å². The second kappa shape index (κ2) is 6.44. The molecule has 0 saturated heterocycles. The number of pyridine rings is 1. The Morgan fingerprint density at radius 1 is 1.47 bits per heavy atom. The lowest BCUT2D eigenvalue weighted by atomic mass is 10.3. The van der Waals surface area contributed by atoms with E-state index in [-0.39, 0.29) is 5.91 Å². The van der Waals surface area contributed by atoms with E-state index >= 15 is 0 Å². The van der Waals surface area contributed by atoms with Gasteiger partial charge in [-0.3, -0.25) is 9.78 Å². The Morgan fingerprint density at radius 3 is 3.11 bits per heavy atom. The van der Waals surface area contributed by atoms with E-state index in [0.29, 0.717) is 31.2 Å². The summed E-state index contributed by atoms with van der Waals surface area (Å²) in [5.74, 6) is 0.781. The van der Waals surface area contributed by atoms with Crippen molar-refractivity contribution in [3.05, 3.63) is 43.1 Å². The van der Waals surface area contributed by atoms with Crippen molar-refractivity contribution in [3.8, 4) is 11.5 Å². The Bertz CT molecular complexity index is 551. The highest BCUT2D eigenvalue weighted by Crippen LogP contribution is 2.16. The molecule has 0 radical (unpaired) electrons. The summed E-state index contributed by atoms with van der Waals surface area (Å²) in [6.07, 6.45) is 5.67. The molecule has 1 N–H and O–H groups in total. The van der Waals surface area contributed by atoms with Crippen molar-refractivity contribution in [2.24, 2.45) is 0 Å². The molecule has 98 valence electrons. The van der Waals surface area contributed by atoms with E-state index < -0.39 is 0 Å². The normalized spacial score (nSPS) is 10.1. The Morgan fingerprint density at radius 2 is 2.37 bits per heavy atom. The lowest BCUT2D eigenvalue weighted by Gasteiger charge is -1.99. The maximum absolute atomic E-state index is 11.4.